The van der Waals surface area contributed by atoms with Gasteiger partial charge in [0.05, 0.1) is 6.61 Å². The third kappa shape index (κ3) is 3.43. The lowest BCUT2D eigenvalue weighted by molar-refractivity contribution is -0.125. The van der Waals surface area contributed by atoms with Gasteiger partial charge in [0.15, 0.2) is 5.78 Å². The molecule has 1 aromatic rings. The number of carbonyl (C=O) groups is 1. The molecule has 0 radical (unpaired) electrons. The zero-order chi connectivity index (χ0) is 19.2. The summed E-state index contributed by atoms with van der Waals surface area (Å²) >= 11 is 0. The maximum Gasteiger partial charge on any atom is 0.165 e. The van der Waals surface area contributed by atoms with Gasteiger partial charge in [-0.15, -0.1) is 0 Å². The van der Waals surface area contributed by atoms with Crippen LogP contribution >= 0.6 is 0 Å². The molecule has 0 N–H and O–H groups in total. The first-order valence-corrected chi connectivity index (χ1v) is 13.7. The number of carbonyl (C=O) groups excluding carboxylic acids is 1. The molecule has 0 amide bonds. The number of ether oxygens (including phenoxy) is 1. The number of hydrogen-bond donors (Lipinski definition) is 0. The third-order valence-electron chi connectivity index (χ3n) is 6.91. The smallest absolute Gasteiger partial charge is 0.165 e. The highest BCUT2D eigenvalue weighted by Crippen LogP contribution is 2.65. The fraction of sp³-hybridized carbons (Fsp3) is 0.609. The summed E-state index contributed by atoms with van der Waals surface area (Å²) in [6.45, 7) is 14.7. The van der Waals surface area contributed by atoms with Crippen molar-refractivity contribution in [1.82, 2.24) is 0 Å². The molecule has 2 unspecified atom stereocenters. The largest absolute Gasteiger partial charge is 0.494 e. The maximum atomic E-state index is 12.9. The van der Waals surface area contributed by atoms with E-state index in [9.17, 15) is 4.79 Å². The molecule has 2 fully saturated rings. The van der Waals surface area contributed by atoms with Crippen LogP contribution in [0.15, 0.2) is 29.8 Å². The lowest BCUT2D eigenvalue weighted by Crippen LogP contribution is -2.32. The Morgan fingerprint density at radius 2 is 1.81 bits per heavy atom. The Balaban J connectivity index is 1.65. The lowest BCUT2D eigenvalue weighted by Gasteiger charge is -2.31. The van der Waals surface area contributed by atoms with Crippen LogP contribution in [0.25, 0.3) is 6.08 Å². The van der Waals surface area contributed by atoms with Crippen molar-refractivity contribution in [3.05, 3.63) is 35.4 Å². The van der Waals surface area contributed by atoms with Crippen molar-refractivity contribution in [2.24, 2.45) is 16.7 Å². The van der Waals surface area contributed by atoms with Crippen LogP contribution in [0.4, 0.5) is 0 Å². The first-order chi connectivity index (χ1) is 12.0. The van der Waals surface area contributed by atoms with Crippen molar-refractivity contribution in [3.63, 3.8) is 0 Å². The second-order valence-corrected chi connectivity index (χ2v) is 15.8. The number of benzene rings is 1. The van der Waals surface area contributed by atoms with E-state index in [0.29, 0.717) is 11.7 Å². The standard InChI is InChI=1S/C23H34O2Si/c1-22(2)20-12-13-23(22,3)21(24)19(20)16-17-8-10-18(11-9-17)25-14-7-15-26(4,5)6/h8-11,16,20H,7,12-15H2,1-6H3. The molecule has 1 aromatic carbocycles. The Labute approximate surface area is 160 Å². The summed E-state index contributed by atoms with van der Waals surface area (Å²) in [5.41, 5.74) is 2.04. The minimum atomic E-state index is -0.976. The highest BCUT2D eigenvalue weighted by atomic mass is 28.3. The number of fused-ring (bicyclic) bond motifs is 2. The van der Waals surface area contributed by atoms with Gasteiger partial charge in [-0.3, -0.25) is 4.79 Å². The van der Waals surface area contributed by atoms with Gasteiger partial charge in [0.25, 0.3) is 0 Å². The van der Waals surface area contributed by atoms with Gasteiger partial charge in [0, 0.05) is 13.5 Å². The normalized spacial score (nSPS) is 28.8. The highest BCUT2D eigenvalue weighted by molar-refractivity contribution is 6.76. The molecule has 0 spiro atoms. The van der Waals surface area contributed by atoms with E-state index in [4.69, 9.17) is 4.74 Å². The molecular formula is C23H34O2Si. The Morgan fingerprint density at radius 1 is 1.15 bits per heavy atom. The second kappa shape index (κ2) is 6.67. The number of Topliss-reactive ketones (excluding diaryl/α,β-unsaturated/α-hetero) is 1. The fourth-order valence-corrected chi connectivity index (χ4v) is 5.93. The Kier molecular flexibility index (Phi) is 4.98. The quantitative estimate of drug-likeness (QED) is 0.338. The van der Waals surface area contributed by atoms with Gasteiger partial charge in [-0.05, 0) is 59.9 Å². The molecule has 2 saturated carbocycles. The molecule has 0 aliphatic heterocycles. The van der Waals surface area contributed by atoms with Crippen LogP contribution < -0.4 is 4.74 Å². The van der Waals surface area contributed by atoms with Crippen molar-refractivity contribution >= 4 is 19.9 Å². The van der Waals surface area contributed by atoms with Crippen molar-refractivity contribution in [2.45, 2.75) is 65.7 Å². The molecule has 3 rings (SSSR count). The Hall–Kier alpha value is -1.35. The zero-order valence-corrected chi connectivity index (χ0v) is 18.3. The summed E-state index contributed by atoms with van der Waals surface area (Å²) in [6.07, 6.45) is 5.42. The van der Waals surface area contributed by atoms with E-state index in [1.165, 1.54) is 6.04 Å². The van der Waals surface area contributed by atoms with Gasteiger partial charge in [0.2, 0.25) is 0 Å². The maximum absolute atomic E-state index is 12.9. The number of rotatable bonds is 6. The second-order valence-electron chi connectivity index (χ2n) is 10.2. The SMILES string of the molecule is CC12CCC(C(=Cc3ccc(OCCC[Si](C)(C)C)cc3)C1=O)C2(C)C. The van der Waals surface area contributed by atoms with Crippen LogP contribution in [-0.2, 0) is 4.79 Å². The van der Waals surface area contributed by atoms with Crippen LogP contribution in [0.5, 0.6) is 5.75 Å². The first kappa shape index (κ1) is 19.4. The molecule has 2 atom stereocenters. The number of hydrogen-bond acceptors (Lipinski definition) is 2. The fourth-order valence-electron chi connectivity index (χ4n) is 4.73. The summed E-state index contributed by atoms with van der Waals surface area (Å²) < 4.78 is 5.88. The van der Waals surface area contributed by atoms with Gasteiger partial charge in [-0.1, -0.05) is 58.6 Å². The van der Waals surface area contributed by atoms with Gasteiger partial charge in [-0.25, -0.2) is 0 Å². The van der Waals surface area contributed by atoms with Crippen LogP contribution in [-0.4, -0.2) is 20.5 Å². The molecule has 0 saturated heterocycles. The van der Waals surface area contributed by atoms with E-state index in [-0.39, 0.29) is 10.8 Å². The molecule has 0 heterocycles. The average Bonchev–Trinajstić information content (AvgIpc) is 2.86. The molecule has 142 valence electrons. The van der Waals surface area contributed by atoms with Crippen LogP contribution in [0.2, 0.25) is 25.7 Å². The van der Waals surface area contributed by atoms with Gasteiger partial charge >= 0.3 is 0 Å². The van der Waals surface area contributed by atoms with Gasteiger partial charge in [0.1, 0.15) is 5.75 Å². The highest BCUT2D eigenvalue weighted by Gasteiger charge is 2.63. The van der Waals surface area contributed by atoms with E-state index in [1.54, 1.807) is 0 Å². The van der Waals surface area contributed by atoms with Crippen molar-refractivity contribution in [1.29, 1.82) is 0 Å². The molecule has 2 aliphatic carbocycles. The van der Waals surface area contributed by atoms with Crippen molar-refractivity contribution < 1.29 is 9.53 Å². The Morgan fingerprint density at radius 3 is 2.35 bits per heavy atom. The monoisotopic (exact) mass is 370 g/mol. The predicted molar refractivity (Wildman–Crippen MR) is 112 cm³/mol. The van der Waals surface area contributed by atoms with Crippen molar-refractivity contribution in [2.75, 3.05) is 6.61 Å². The molecule has 0 aromatic heterocycles. The summed E-state index contributed by atoms with van der Waals surface area (Å²) in [7, 11) is -0.976. The van der Waals surface area contributed by atoms with E-state index < -0.39 is 8.07 Å². The van der Waals surface area contributed by atoms with E-state index in [1.807, 2.05) is 12.1 Å². The van der Waals surface area contributed by atoms with E-state index >= 15 is 0 Å². The lowest BCUT2D eigenvalue weighted by atomic mass is 9.70. The third-order valence-corrected chi connectivity index (χ3v) is 8.76. The van der Waals surface area contributed by atoms with Gasteiger partial charge in [-0.2, -0.15) is 0 Å². The van der Waals surface area contributed by atoms with Crippen LogP contribution in [0.1, 0.15) is 45.6 Å². The minimum Gasteiger partial charge on any atom is -0.494 e. The van der Waals surface area contributed by atoms with Crippen molar-refractivity contribution in [3.8, 4) is 5.75 Å². The average molecular weight is 371 g/mol. The molecule has 26 heavy (non-hydrogen) atoms. The molecule has 2 nitrogen and oxygen atoms in total. The summed E-state index contributed by atoms with van der Waals surface area (Å²) in [4.78, 5) is 12.9. The predicted octanol–water partition coefficient (Wildman–Crippen LogP) is 6.20. The molecule has 2 bridgehead atoms. The first-order valence-electron chi connectivity index (χ1n) is 10.0. The summed E-state index contributed by atoms with van der Waals surface area (Å²) in [6, 6.07) is 9.52. The number of allylic oxidation sites excluding steroid dienone is 1. The molecular weight excluding hydrogens is 336 g/mol. The minimum absolute atomic E-state index is 0.0787. The zero-order valence-electron chi connectivity index (χ0n) is 17.3. The number of ketones is 1. The van der Waals surface area contributed by atoms with E-state index in [0.717, 1.165) is 42.8 Å². The van der Waals surface area contributed by atoms with E-state index in [2.05, 4.69) is 58.6 Å². The Bertz CT molecular complexity index is 709. The summed E-state index contributed by atoms with van der Waals surface area (Å²) in [5.74, 6) is 1.69. The van der Waals surface area contributed by atoms with Crippen LogP contribution in [0.3, 0.4) is 0 Å². The molecule has 3 heteroatoms. The topological polar surface area (TPSA) is 26.3 Å². The van der Waals surface area contributed by atoms with Gasteiger partial charge < -0.3 is 4.74 Å². The molecule has 2 aliphatic rings. The van der Waals surface area contributed by atoms with Crippen LogP contribution in [0, 0.1) is 16.7 Å². The summed E-state index contributed by atoms with van der Waals surface area (Å²) in [5, 5.41) is 0.